The van der Waals surface area contributed by atoms with Crippen LogP contribution in [0.15, 0.2) is 54.6 Å². The molecule has 0 aromatic heterocycles. The Morgan fingerprint density at radius 1 is 1.05 bits per heavy atom. The zero-order valence-corrected chi connectivity index (χ0v) is 11.8. The van der Waals surface area contributed by atoms with Crippen molar-refractivity contribution in [1.82, 2.24) is 0 Å². The molecule has 0 aliphatic heterocycles. The van der Waals surface area contributed by atoms with Crippen molar-refractivity contribution in [2.24, 2.45) is 0 Å². The molecule has 20 heavy (non-hydrogen) atoms. The second-order valence-corrected chi connectivity index (χ2v) is 4.80. The van der Waals surface area contributed by atoms with Gasteiger partial charge in [0.05, 0.1) is 19.1 Å². The fourth-order valence-corrected chi connectivity index (χ4v) is 2.40. The van der Waals surface area contributed by atoms with Crippen LogP contribution in [0.5, 0.6) is 5.75 Å². The number of nitriles is 1. The molecular weight excluding hydrogens is 246 g/mol. The summed E-state index contributed by atoms with van der Waals surface area (Å²) in [5, 5.41) is 9.39. The molecule has 0 heterocycles. The summed E-state index contributed by atoms with van der Waals surface area (Å²) in [7, 11) is 1.65. The van der Waals surface area contributed by atoms with Crippen LogP contribution >= 0.6 is 0 Å². The zero-order chi connectivity index (χ0) is 14.2. The second-order valence-electron chi connectivity index (χ2n) is 4.80. The summed E-state index contributed by atoms with van der Waals surface area (Å²) in [6.07, 6.45) is 2.86. The quantitative estimate of drug-likeness (QED) is 0.779. The lowest BCUT2D eigenvalue weighted by molar-refractivity contribution is 0.407. The van der Waals surface area contributed by atoms with Crippen molar-refractivity contribution in [2.45, 2.75) is 25.2 Å². The van der Waals surface area contributed by atoms with Crippen LogP contribution in [0.25, 0.3) is 0 Å². The summed E-state index contributed by atoms with van der Waals surface area (Å²) in [5.74, 6) is 0.702. The van der Waals surface area contributed by atoms with Gasteiger partial charge in [-0.1, -0.05) is 48.5 Å². The van der Waals surface area contributed by atoms with Gasteiger partial charge in [-0.2, -0.15) is 5.26 Å². The molecule has 0 fully saturated rings. The SMILES string of the molecule is COc1ccccc1C(C#N)CCCc1ccccc1. The van der Waals surface area contributed by atoms with E-state index in [9.17, 15) is 5.26 Å². The van der Waals surface area contributed by atoms with E-state index in [0.717, 1.165) is 30.6 Å². The summed E-state index contributed by atoms with van der Waals surface area (Å²) >= 11 is 0. The Hall–Kier alpha value is -2.27. The van der Waals surface area contributed by atoms with Crippen LogP contribution in [0.1, 0.15) is 29.9 Å². The number of ether oxygens (including phenoxy) is 1. The van der Waals surface area contributed by atoms with Crippen LogP contribution in [0.4, 0.5) is 0 Å². The van der Waals surface area contributed by atoms with E-state index in [2.05, 4.69) is 30.3 Å². The lowest BCUT2D eigenvalue weighted by atomic mass is 9.93. The first-order valence-corrected chi connectivity index (χ1v) is 6.91. The van der Waals surface area contributed by atoms with E-state index < -0.39 is 0 Å². The van der Waals surface area contributed by atoms with Crippen molar-refractivity contribution < 1.29 is 4.74 Å². The van der Waals surface area contributed by atoms with Crippen molar-refractivity contribution in [2.75, 3.05) is 7.11 Å². The molecule has 2 nitrogen and oxygen atoms in total. The van der Waals surface area contributed by atoms with Gasteiger partial charge < -0.3 is 4.74 Å². The molecule has 2 rings (SSSR count). The normalized spacial score (nSPS) is 11.6. The fraction of sp³-hybridized carbons (Fsp3) is 0.278. The number of aryl methyl sites for hydroxylation is 1. The summed E-state index contributed by atoms with van der Waals surface area (Å²) in [4.78, 5) is 0. The largest absolute Gasteiger partial charge is 0.496 e. The van der Waals surface area contributed by atoms with Crippen molar-refractivity contribution in [3.8, 4) is 11.8 Å². The molecule has 0 aliphatic rings. The lowest BCUT2D eigenvalue weighted by Gasteiger charge is -2.13. The van der Waals surface area contributed by atoms with E-state index in [4.69, 9.17) is 4.74 Å². The van der Waals surface area contributed by atoms with Gasteiger partial charge in [0.15, 0.2) is 0 Å². The van der Waals surface area contributed by atoms with E-state index in [1.807, 2.05) is 30.3 Å². The molecule has 0 bridgehead atoms. The van der Waals surface area contributed by atoms with Gasteiger partial charge >= 0.3 is 0 Å². The van der Waals surface area contributed by atoms with Crippen LogP contribution in [-0.4, -0.2) is 7.11 Å². The van der Waals surface area contributed by atoms with Gasteiger partial charge in [-0.3, -0.25) is 0 Å². The molecule has 0 saturated heterocycles. The average Bonchev–Trinajstić information content (AvgIpc) is 2.53. The van der Waals surface area contributed by atoms with E-state index >= 15 is 0 Å². The summed E-state index contributed by atoms with van der Waals surface area (Å²) in [5.41, 5.74) is 2.31. The standard InChI is InChI=1S/C18H19NO/c1-20-18-13-6-5-12-17(18)16(14-19)11-7-10-15-8-3-2-4-9-15/h2-6,8-9,12-13,16H,7,10-11H2,1H3. The first-order valence-electron chi connectivity index (χ1n) is 6.91. The monoisotopic (exact) mass is 265 g/mol. The molecule has 2 aromatic rings. The highest BCUT2D eigenvalue weighted by atomic mass is 16.5. The minimum absolute atomic E-state index is 0.102. The van der Waals surface area contributed by atoms with Crippen LogP contribution in [-0.2, 0) is 6.42 Å². The predicted octanol–water partition coefficient (Wildman–Crippen LogP) is 4.33. The maximum Gasteiger partial charge on any atom is 0.123 e. The highest BCUT2D eigenvalue weighted by molar-refractivity contribution is 5.38. The number of hydrogen-bond donors (Lipinski definition) is 0. The molecule has 1 unspecified atom stereocenters. The maximum absolute atomic E-state index is 9.39. The van der Waals surface area contributed by atoms with E-state index in [0.29, 0.717) is 0 Å². The smallest absolute Gasteiger partial charge is 0.123 e. The van der Waals surface area contributed by atoms with Crippen LogP contribution in [0.3, 0.4) is 0 Å². The Morgan fingerprint density at radius 2 is 1.75 bits per heavy atom. The Kier molecular flexibility index (Phi) is 5.20. The maximum atomic E-state index is 9.39. The Morgan fingerprint density at radius 3 is 2.45 bits per heavy atom. The molecule has 0 amide bonds. The molecule has 102 valence electrons. The number of benzene rings is 2. The predicted molar refractivity (Wildman–Crippen MR) is 80.7 cm³/mol. The average molecular weight is 265 g/mol. The Bertz CT molecular complexity index is 571. The van der Waals surface area contributed by atoms with Crippen molar-refractivity contribution in [1.29, 1.82) is 5.26 Å². The van der Waals surface area contributed by atoms with E-state index in [1.54, 1.807) is 7.11 Å². The summed E-state index contributed by atoms with van der Waals surface area (Å²) < 4.78 is 5.34. The van der Waals surface area contributed by atoms with Crippen LogP contribution in [0, 0.1) is 11.3 Å². The fourth-order valence-electron chi connectivity index (χ4n) is 2.40. The van der Waals surface area contributed by atoms with Crippen LogP contribution in [0.2, 0.25) is 0 Å². The second kappa shape index (κ2) is 7.35. The summed E-state index contributed by atoms with van der Waals surface area (Å²) in [6.45, 7) is 0. The van der Waals surface area contributed by atoms with Crippen molar-refractivity contribution in [3.63, 3.8) is 0 Å². The number of para-hydroxylation sites is 1. The van der Waals surface area contributed by atoms with Gasteiger partial charge in [0.25, 0.3) is 0 Å². The Balaban J connectivity index is 1.98. The lowest BCUT2D eigenvalue weighted by Crippen LogP contribution is -2.00. The molecule has 0 saturated carbocycles. The van der Waals surface area contributed by atoms with Gasteiger partial charge in [0.1, 0.15) is 5.75 Å². The molecular formula is C18H19NO. The van der Waals surface area contributed by atoms with Gasteiger partial charge in [0, 0.05) is 5.56 Å². The summed E-state index contributed by atoms with van der Waals surface area (Å²) in [6, 6.07) is 20.6. The highest BCUT2D eigenvalue weighted by Crippen LogP contribution is 2.29. The highest BCUT2D eigenvalue weighted by Gasteiger charge is 2.14. The van der Waals surface area contributed by atoms with E-state index in [1.165, 1.54) is 5.56 Å². The molecule has 1 atom stereocenters. The van der Waals surface area contributed by atoms with Gasteiger partial charge in [-0.05, 0) is 30.9 Å². The third kappa shape index (κ3) is 3.61. The first-order chi connectivity index (χ1) is 9.85. The molecule has 2 aromatic carbocycles. The van der Waals surface area contributed by atoms with Gasteiger partial charge in [0.2, 0.25) is 0 Å². The number of nitrogens with zero attached hydrogens (tertiary/aromatic N) is 1. The van der Waals surface area contributed by atoms with Gasteiger partial charge in [-0.25, -0.2) is 0 Å². The molecule has 0 spiro atoms. The zero-order valence-electron chi connectivity index (χ0n) is 11.8. The van der Waals surface area contributed by atoms with Crippen molar-refractivity contribution in [3.05, 3.63) is 65.7 Å². The van der Waals surface area contributed by atoms with Crippen molar-refractivity contribution >= 4 is 0 Å². The number of methoxy groups -OCH3 is 1. The molecule has 2 heteroatoms. The third-order valence-electron chi connectivity index (χ3n) is 3.47. The Labute approximate surface area is 120 Å². The van der Waals surface area contributed by atoms with E-state index in [-0.39, 0.29) is 5.92 Å². The topological polar surface area (TPSA) is 33.0 Å². The third-order valence-corrected chi connectivity index (χ3v) is 3.47. The number of hydrogen-bond acceptors (Lipinski definition) is 2. The molecule has 0 aliphatic carbocycles. The molecule has 0 radical (unpaired) electrons. The minimum atomic E-state index is -0.102. The van der Waals surface area contributed by atoms with Crippen LogP contribution < -0.4 is 4.74 Å². The first kappa shape index (κ1) is 14.1. The van der Waals surface area contributed by atoms with Gasteiger partial charge in [-0.15, -0.1) is 0 Å². The number of rotatable bonds is 6. The minimum Gasteiger partial charge on any atom is -0.496 e. The molecule has 0 N–H and O–H groups in total.